The van der Waals surface area contributed by atoms with Crippen molar-refractivity contribution in [2.45, 2.75) is 51.2 Å². The van der Waals surface area contributed by atoms with Gasteiger partial charge in [0.25, 0.3) is 0 Å². The van der Waals surface area contributed by atoms with Crippen molar-refractivity contribution in [2.75, 3.05) is 0 Å². The van der Waals surface area contributed by atoms with Gasteiger partial charge in [0.15, 0.2) is 0 Å². The first-order valence-electron chi connectivity index (χ1n) is 4.93. The molecule has 0 aromatic rings. The highest BCUT2D eigenvalue weighted by molar-refractivity contribution is 7.81. The van der Waals surface area contributed by atoms with Crippen molar-refractivity contribution >= 4 is 12.6 Å². The van der Waals surface area contributed by atoms with E-state index in [0.29, 0.717) is 5.25 Å². The molecule has 0 N–H and O–H groups in total. The van der Waals surface area contributed by atoms with Crippen LogP contribution in [0.15, 0.2) is 0 Å². The maximum atomic E-state index is 4.70. The van der Waals surface area contributed by atoms with Gasteiger partial charge in [0, 0.05) is 5.25 Å². The third kappa shape index (κ3) is 2.40. The van der Waals surface area contributed by atoms with E-state index in [2.05, 4.69) is 13.8 Å². The molecule has 0 radical (unpaired) electrons. The standard InChI is InChI=1S/C10H20S/c1-3-8(2)10(11)9-6-4-5-7-9/h8-11H,3-7H2,1-2H3. The van der Waals surface area contributed by atoms with Crippen molar-refractivity contribution in [1.82, 2.24) is 0 Å². The molecule has 1 saturated carbocycles. The van der Waals surface area contributed by atoms with Gasteiger partial charge in [-0.1, -0.05) is 33.1 Å². The highest BCUT2D eigenvalue weighted by atomic mass is 32.1. The van der Waals surface area contributed by atoms with Crippen LogP contribution in [0.2, 0.25) is 0 Å². The van der Waals surface area contributed by atoms with E-state index in [1.165, 1.54) is 32.1 Å². The van der Waals surface area contributed by atoms with Crippen LogP contribution in [0.5, 0.6) is 0 Å². The smallest absolute Gasteiger partial charge is 0.00706 e. The molecule has 66 valence electrons. The second-order valence-electron chi connectivity index (χ2n) is 3.92. The Bertz CT molecular complexity index is 105. The summed E-state index contributed by atoms with van der Waals surface area (Å²) < 4.78 is 0. The largest absolute Gasteiger partial charge is 0.175 e. The predicted octanol–water partition coefficient (Wildman–Crippen LogP) is 3.52. The Morgan fingerprint density at radius 2 is 1.91 bits per heavy atom. The fourth-order valence-electron chi connectivity index (χ4n) is 2.01. The van der Waals surface area contributed by atoms with Gasteiger partial charge in [-0.05, 0) is 24.7 Å². The maximum Gasteiger partial charge on any atom is 0.00706 e. The molecule has 1 rings (SSSR count). The quantitative estimate of drug-likeness (QED) is 0.619. The Hall–Kier alpha value is 0.350. The molecule has 0 heterocycles. The molecular weight excluding hydrogens is 152 g/mol. The molecule has 0 spiro atoms. The molecule has 1 aliphatic carbocycles. The lowest BCUT2D eigenvalue weighted by molar-refractivity contribution is 0.408. The summed E-state index contributed by atoms with van der Waals surface area (Å²) in [6.45, 7) is 4.60. The minimum atomic E-state index is 0.669. The Balaban J connectivity index is 2.32. The Morgan fingerprint density at radius 1 is 1.36 bits per heavy atom. The third-order valence-corrected chi connectivity index (χ3v) is 4.04. The van der Waals surface area contributed by atoms with Gasteiger partial charge in [-0.25, -0.2) is 0 Å². The molecule has 1 heteroatoms. The van der Waals surface area contributed by atoms with Crippen LogP contribution in [-0.4, -0.2) is 5.25 Å². The fourth-order valence-corrected chi connectivity index (χ4v) is 2.51. The molecule has 0 aliphatic heterocycles. The van der Waals surface area contributed by atoms with Crippen LogP contribution in [-0.2, 0) is 0 Å². The molecular formula is C10H20S. The Morgan fingerprint density at radius 3 is 2.36 bits per heavy atom. The molecule has 0 bridgehead atoms. The zero-order valence-corrected chi connectivity index (χ0v) is 8.61. The average molecular weight is 172 g/mol. The van der Waals surface area contributed by atoms with Crippen molar-refractivity contribution in [3.05, 3.63) is 0 Å². The highest BCUT2D eigenvalue weighted by Gasteiger charge is 2.25. The predicted molar refractivity (Wildman–Crippen MR) is 54.2 cm³/mol. The van der Waals surface area contributed by atoms with Crippen LogP contribution >= 0.6 is 12.6 Å². The van der Waals surface area contributed by atoms with Crippen molar-refractivity contribution in [2.24, 2.45) is 11.8 Å². The zero-order valence-electron chi connectivity index (χ0n) is 7.71. The second-order valence-corrected chi connectivity index (χ2v) is 4.52. The first-order chi connectivity index (χ1) is 5.25. The summed E-state index contributed by atoms with van der Waals surface area (Å²) in [4.78, 5) is 0. The van der Waals surface area contributed by atoms with Gasteiger partial charge in [-0.15, -0.1) is 0 Å². The van der Waals surface area contributed by atoms with E-state index in [0.717, 1.165) is 11.8 Å². The van der Waals surface area contributed by atoms with Gasteiger partial charge < -0.3 is 0 Å². The van der Waals surface area contributed by atoms with E-state index in [-0.39, 0.29) is 0 Å². The molecule has 11 heavy (non-hydrogen) atoms. The van der Waals surface area contributed by atoms with E-state index in [1.54, 1.807) is 0 Å². The van der Waals surface area contributed by atoms with Crippen LogP contribution < -0.4 is 0 Å². The Labute approximate surface area is 76.2 Å². The first kappa shape index (κ1) is 9.44. The van der Waals surface area contributed by atoms with Crippen molar-refractivity contribution in [1.29, 1.82) is 0 Å². The summed E-state index contributed by atoms with van der Waals surface area (Å²) in [6, 6.07) is 0. The summed E-state index contributed by atoms with van der Waals surface area (Å²) in [7, 11) is 0. The minimum Gasteiger partial charge on any atom is -0.175 e. The SMILES string of the molecule is CCC(C)C(S)C1CCCC1. The fraction of sp³-hybridized carbons (Fsp3) is 1.00. The van der Waals surface area contributed by atoms with Crippen LogP contribution in [0.1, 0.15) is 46.0 Å². The lowest BCUT2D eigenvalue weighted by Crippen LogP contribution is -2.19. The summed E-state index contributed by atoms with van der Waals surface area (Å²) in [6.07, 6.45) is 7.03. The maximum absolute atomic E-state index is 4.70. The van der Waals surface area contributed by atoms with Gasteiger partial charge in [0.1, 0.15) is 0 Å². The van der Waals surface area contributed by atoms with Gasteiger partial charge in [0.05, 0.1) is 0 Å². The van der Waals surface area contributed by atoms with E-state index >= 15 is 0 Å². The van der Waals surface area contributed by atoms with Crippen molar-refractivity contribution < 1.29 is 0 Å². The van der Waals surface area contributed by atoms with E-state index < -0.39 is 0 Å². The topological polar surface area (TPSA) is 0 Å². The second kappa shape index (κ2) is 4.39. The summed E-state index contributed by atoms with van der Waals surface area (Å²) in [5, 5.41) is 0.669. The average Bonchev–Trinajstić information content (AvgIpc) is 2.53. The van der Waals surface area contributed by atoms with Gasteiger partial charge in [-0.2, -0.15) is 12.6 Å². The highest BCUT2D eigenvalue weighted by Crippen LogP contribution is 2.34. The van der Waals surface area contributed by atoms with Gasteiger partial charge in [0.2, 0.25) is 0 Å². The van der Waals surface area contributed by atoms with Crippen LogP contribution in [0.4, 0.5) is 0 Å². The molecule has 0 amide bonds. The first-order valence-corrected chi connectivity index (χ1v) is 5.45. The minimum absolute atomic E-state index is 0.669. The van der Waals surface area contributed by atoms with E-state index in [4.69, 9.17) is 12.6 Å². The van der Waals surface area contributed by atoms with E-state index in [1.807, 2.05) is 0 Å². The van der Waals surface area contributed by atoms with Crippen LogP contribution in [0, 0.1) is 11.8 Å². The third-order valence-electron chi connectivity index (χ3n) is 3.11. The summed E-state index contributed by atoms with van der Waals surface area (Å²) in [5.41, 5.74) is 0. The number of rotatable bonds is 3. The summed E-state index contributed by atoms with van der Waals surface area (Å²) in [5.74, 6) is 1.73. The van der Waals surface area contributed by atoms with Crippen molar-refractivity contribution in [3.63, 3.8) is 0 Å². The molecule has 2 atom stereocenters. The molecule has 1 fully saturated rings. The van der Waals surface area contributed by atoms with E-state index in [9.17, 15) is 0 Å². The van der Waals surface area contributed by atoms with Gasteiger partial charge in [-0.3, -0.25) is 0 Å². The molecule has 0 saturated heterocycles. The lowest BCUT2D eigenvalue weighted by atomic mass is 9.92. The van der Waals surface area contributed by atoms with Crippen LogP contribution in [0.25, 0.3) is 0 Å². The normalized spacial score (nSPS) is 25.4. The number of hydrogen-bond donors (Lipinski definition) is 1. The van der Waals surface area contributed by atoms with Crippen LogP contribution in [0.3, 0.4) is 0 Å². The lowest BCUT2D eigenvalue weighted by Gasteiger charge is -2.23. The summed E-state index contributed by atoms with van der Waals surface area (Å²) >= 11 is 4.70. The zero-order chi connectivity index (χ0) is 8.27. The number of hydrogen-bond acceptors (Lipinski definition) is 1. The Kier molecular flexibility index (Phi) is 3.77. The van der Waals surface area contributed by atoms with Crippen molar-refractivity contribution in [3.8, 4) is 0 Å². The van der Waals surface area contributed by atoms with Gasteiger partial charge >= 0.3 is 0 Å². The molecule has 0 aromatic heterocycles. The number of thiol groups is 1. The monoisotopic (exact) mass is 172 g/mol. The molecule has 1 aliphatic rings. The molecule has 2 unspecified atom stereocenters. The molecule has 0 nitrogen and oxygen atoms in total. The molecule has 0 aromatic carbocycles.